The number of tetrazole rings is 1. The molecular weight excluding hydrogens is 454 g/mol. The average Bonchev–Trinajstić information content (AvgIpc) is 3.35. The number of thioether (sulfide) groups is 1. The molecule has 0 atom stereocenters. The highest BCUT2D eigenvalue weighted by Gasteiger charge is 2.29. The Labute approximate surface area is 198 Å². The van der Waals surface area contributed by atoms with E-state index in [0.717, 1.165) is 5.69 Å². The summed E-state index contributed by atoms with van der Waals surface area (Å²) in [6.07, 6.45) is 0. The Bertz CT molecular complexity index is 1430. The van der Waals surface area contributed by atoms with Gasteiger partial charge in [-0.15, -0.1) is 5.10 Å². The first-order valence-electron chi connectivity index (χ1n) is 10.2. The van der Waals surface area contributed by atoms with Crippen LogP contribution in [-0.4, -0.2) is 50.5 Å². The average molecular weight is 471 g/mol. The summed E-state index contributed by atoms with van der Waals surface area (Å²) in [6, 6.07) is 18.6. The fraction of sp³-hybridized carbons (Fsp3) is 0.0833. The molecule has 0 saturated heterocycles. The number of anilines is 1. The Morgan fingerprint density at radius 2 is 1.62 bits per heavy atom. The molecule has 1 aliphatic carbocycles. The molecule has 0 unspecified atom stereocenters. The number of ketones is 2. The van der Waals surface area contributed by atoms with Crippen LogP contribution in [0.2, 0.25) is 0 Å². The van der Waals surface area contributed by atoms with Crippen LogP contribution in [-0.2, 0) is 4.79 Å². The van der Waals surface area contributed by atoms with Crippen LogP contribution in [0.3, 0.4) is 0 Å². The fourth-order valence-corrected chi connectivity index (χ4v) is 4.35. The van der Waals surface area contributed by atoms with Crippen molar-refractivity contribution in [2.75, 3.05) is 18.2 Å². The topological polar surface area (TPSA) is 116 Å². The molecule has 0 spiro atoms. The number of carbonyl (C=O) groups is 3. The molecule has 0 bridgehead atoms. The molecule has 34 heavy (non-hydrogen) atoms. The van der Waals surface area contributed by atoms with Crippen molar-refractivity contribution in [2.24, 2.45) is 0 Å². The van der Waals surface area contributed by atoms with E-state index in [9.17, 15) is 14.4 Å². The molecule has 1 aromatic heterocycles. The lowest BCUT2D eigenvalue weighted by atomic mass is 9.84. The van der Waals surface area contributed by atoms with Gasteiger partial charge in [0.1, 0.15) is 5.75 Å². The largest absolute Gasteiger partial charge is 0.497 e. The van der Waals surface area contributed by atoms with E-state index in [1.165, 1.54) is 22.5 Å². The van der Waals surface area contributed by atoms with Gasteiger partial charge >= 0.3 is 0 Å². The van der Waals surface area contributed by atoms with Crippen LogP contribution in [0, 0.1) is 0 Å². The first-order valence-corrected chi connectivity index (χ1v) is 11.2. The number of hydrogen-bond donors (Lipinski definition) is 1. The van der Waals surface area contributed by atoms with Crippen LogP contribution < -0.4 is 10.1 Å². The van der Waals surface area contributed by atoms with E-state index in [0.29, 0.717) is 33.3 Å². The Balaban J connectivity index is 1.28. The summed E-state index contributed by atoms with van der Waals surface area (Å²) < 4.78 is 6.68. The smallest absolute Gasteiger partial charge is 0.234 e. The Morgan fingerprint density at radius 3 is 2.32 bits per heavy atom. The molecule has 0 radical (unpaired) electrons. The predicted molar refractivity (Wildman–Crippen MR) is 125 cm³/mol. The number of amides is 1. The van der Waals surface area contributed by atoms with E-state index in [1.807, 2.05) is 12.1 Å². The standard InChI is InChI=1S/C24H17N5O4S/c1-33-16-9-7-15(8-10-16)29-24(26-27-28-29)34-13-21(30)25-14-6-11-19-20(12-14)23(32)18-5-3-2-4-17(18)22(19)31/h2-12H,13H2,1H3,(H,25,30). The second-order valence-electron chi connectivity index (χ2n) is 7.37. The lowest BCUT2D eigenvalue weighted by Crippen LogP contribution is -2.21. The summed E-state index contributed by atoms with van der Waals surface area (Å²) in [7, 11) is 1.58. The molecule has 10 heteroatoms. The second-order valence-corrected chi connectivity index (χ2v) is 8.31. The summed E-state index contributed by atoms with van der Waals surface area (Å²) in [5.74, 6) is 0.00485. The Hall–Kier alpha value is -4.31. The van der Waals surface area contributed by atoms with Gasteiger partial charge in [-0.3, -0.25) is 14.4 Å². The number of nitrogens with zero attached hydrogens (tertiary/aromatic N) is 4. The minimum atomic E-state index is -0.302. The van der Waals surface area contributed by atoms with Gasteiger partial charge in [-0.2, -0.15) is 4.68 Å². The highest BCUT2D eigenvalue weighted by molar-refractivity contribution is 7.99. The third kappa shape index (κ3) is 3.95. The fourth-order valence-electron chi connectivity index (χ4n) is 3.66. The lowest BCUT2D eigenvalue weighted by molar-refractivity contribution is -0.113. The zero-order valence-corrected chi connectivity index (χ0v) is 18.7. The monoisotopic (exact) mass is 471 g/mol. The molecule has 1 heterocycles. The van der Waals surface area contributed by atoms with Gasteiger partial charge in [0.2, 0.25) is 11.1 Å². The van der Waals surface area contributed by atoms with Gasteiger partial charge in [0.15, 0.2) is 11.6 Å². The van der Waals surface area contributed by atoms with Gasteiger partial charge < -0.3 is 10.1 Å². The minimum absolute atomic E-state index is 0.0450. The van der Waals surface area contributed by atoms with E-state index in [2.05, 4.69) is 20.8 Å². The zero-order chi connectivity index (χ0) is 23.7. The molecular formula is C24H17N5O4S. The van der Waals surface area contributed by atoms with E-state index >= 15 is 0 Å². The van der Waals surface area contributed by atoms with E-state index in [4.69, 9.17) is 4.74 Å². The summed E-state index contributed by atoms with van der Waals surface area (Å²) in [4.78, 5) is 38.2. The van der Waals surface area contributed by atoms with Crippen molar-refractivity contribution in [3.05, 3.63) is 89.0 Å². The van der Waals surface area contributed by atoms with Gasteiger partial charge in [0, 0.05) is 27.9 Å². The van der Waals surface area contributed by atoms with Gasteiger partial charge in [-0.1, -0.05) is 36.0 Å². The number of benzene rings is 3. The highest BCUT2D eigenvalue weighted by atomic mass is 32.2. The van der Waals surface area contributed by atoms with Crippen molar-refractivity contribution in [3.8, 4) is 11.4 Å². The number of methoxy groups -OCH3 is 1. The van der Waals surface area contributed by atoms with Crippen molar-refractivity contribution in [1.29, 1.82) is 0 Å². The number of ether oxygens (including phenoxy) is 1. The van der Waals surface area contributed by atoms with Gasteiger partial charge in [-0.05, 0) is 52.9 Å². The van der Waals surface area contributed by atoms with Crippen molar-refractivity contribution in [3.63, 3.8) is 0 Å². The second kappa shape index (κ2) is 8.91. The van der Waals surface area contributed by atoms with Crippen molar-refractivity contribution in [1.82, 2.24) is 20.2 Å². The van der Waals surface area contributed by atoms with Crippen LogP contribution in [0.4, 0.5) is 5.69 Å². The molecule has 0 fully saturated rings. The Morgan fingerprint density at radius 1 is 0.941 bits per heavy atom. The van der Waals surface area contributed by atoms with Crippen LogP contribution in [0.15, 0.2) is 71.9 Å². The molecule has 1 amide bonds. The number of fused-ring (bicyclic) bond motifs is 2. The summed E-state index contributed by atoms with van der Waals surface area (Å²) in [6.45, 7) is 0. The summed E-state index contributed by atoms with van der Waals surface area (Å²) >= 11 is 1.17. The molecule has 0 aliphatic heterocycles. The maximum absolute atomic E-state index is 12.9. The highest BCUT2D eigenvalue weighted by Crippen LogP contribution is 2.29. The van der Waals surface area contributed by atoms with Crippen LogP contribution in [0.5, 0.6) is 5.75 Å². The van der Waals surface area contributed by atoms with E-state index < -0.39 is 0 Å². The quantitative estimate of drug-likeness (QED) is 0.376. The van der Waals surface area contributed by atoms with Gasteiger partial charge in [0.05, 0.1) is 18.6 Å². The number of rotatable bonds is 6. The minimum Gasteiger partial charge on any atom is -0.497 e. The molecule has 168 valence electrons. The molecule has 4 aromatic rings. The predicted octanol–water partition coefficient (Wildman–Crippen LogP) is 3.18. The van der Waals surface area contributed by atoms with Crippen LogP contribution in [0.25, 0.3) is 5.69 Å². The van der Waals surface area contributed by atoms with Crippen molar-refractivity contribution < 1.29 is 19.1 Å². The summed E-state index contributed by atoms with van der Waals surface area (Å²) in [5.41, 5.74) is 2.52. The first-order chi connectivity index (χ1) is 16.5. The normalized spacial score (nSPS) is 12.1. The van der Waals surface area contributed by atoms with Crippen LogP contribution in [0.1, 0.15) is 31.8 Å². The third-order valence-electron chi connectivity index (χ3n) is 5.30. The van der Waals surface area contributed by atoms with E-state index in [1.54, 1.807) is 55.6 Å². The maximum atomic E-state index is 12.9. The lowest BCUT2D eigenvalue weighted by Gasteiger charge is -2.18. The molecule has 1 aliphatic rings. The van der Waals surface area contributed by atoms with Gasteiger partial charge in [-0.25, -0.2) is 0 Å². The van der Waals surface area contributed by atoms with Crippen molar-refractivity contribution in [2.45, 2.75) is 5.16 Å². The molecule has 1 N–H and O–H groups in total. The first kappa shape index (κ1) is 21.5. The maximum Gasteiger partial charge on any atom is 0.234 e. The summed E-state index contributed by atoms with van der Waals surface area (Å²) in [5, 5.41) is 14.9. The zero-order valence-electron chi connectivity index (χ0n) is 17.9. The van der Waals surface area contributed by atoms with Gasteiger partial charge in [0.25, 0.3) is 0 Å². The number of aromatic nitrogens is 4. The number of nitrogens with one attached hydrogen (secondary N) is 1. The third-order valence-corrected chi connectivity index (χ3v) is 6.22. The molecule has 5 rings (SSSR count). The van der Waals surface area contributed by atoms with Crippen molar-refractivity contribution >= 4 is 34.9 Å². The van der Waals surface area contributed by atoms with Crippen LogP contribution >= 0.6 is 11.8 Å². The molecule has 9 nitrogen and oxygen atoms in total. The Kier molecular flexibility index (Phi) is 5.64. The number of hydrogen-bond acceptors (Lipinski definition) is 8. The molecule has 0 saturated carbocycles. The van der Waals surface area contributed by atoms with E-state index in [-0.39, 0.29) is 28.8 Å². The molecule has 3 aromatic carbocycles. The number of carbonyl (C=O) groups excluding carboxylic acids is 3. The SMILES string of the molecule is COc1ccc(-n2nnnc2SCC(=O)Nc2ccc3c(c2)C(=O)c2ccccc2C3=O)cc1.